The second-order valence-corrected chi connectivity index (χ2v) is 5.47. The lowest BCUT2D eigenvalue weighted by molar-refractivity contribution is -0.385. The summed E-state index contributed by atoms with van der Waals surface area (Å²) in [4.78, 5) is 22.3. The number of nitro benzene ring substituents is 1. The monoisotopic (exact) mass is 307 g/mol. The van der Waals surface area contributed by atoms with Crippen LogP contribution in [0.25, 0.3) is 0 Å². The third-order valence-corrected chi connectivity index (χ3v) is 3.82. The van der Waals surface area contributed by atoms with Crippen molar-refractivity contribution in [3.63, 3.8) is 0 Å². The fourth-order valence-corrected chi connectivity index (χ4v) is 2.45. The van der Waals surface area contributed by atoms with Crippen molar-refractivity contribution in [2.24, 2.45) is 5.92 Å². The van der Waals surface area contributed by atoms with Crippen LogP contribution in [0, 0.1) is 16.0 Å². The van der Waals surface area contributed by atoms with E-state index in [1.807, 2.05) is 0 Å². The fraction of sp³-hybridized carbons (Fsp3) is 0.533. The Balaban J connectivity index is 1.78. The molecule has 1 aromatic rings. The molecular formula is C15H21N3O4. The van der Waals surface area contributed by atoms with Gasteiger partial charge >= 0.3 is 5.69 Å². The molecule has 1 aliphatic rings. The molecule has 2 rings (SSSR count). The van der Waals surface area contributed by atoms with Crippen LogP contribution in [0.5, 0.6) is 5.75 Å². The number of amides is 1. The Kier molecular flexibility index (Phi) is 5.71. The molecule has 0 spiro atoms. The molecular weight excluding hydrogens is 286 g/mol. The third kappa shape index (κ3) is 4.42. The van der Waals surface area contributed by atoms with Crippen molar-refractivity contribution >= 4 is 11.6 Å². The molecule has 2 unspecified atom stereocenters. The number of rotatable bonds is 6. The average Bonchev–Trinajstić information content (AvgIpc) is 2.50. The molecule has 1 aromatic carbocycles. The molecule has 7 heteroatoms. The van der Waals surface area contributed by atoms with Crippen molar-refractivity contribution in [1.82, 2.24) is 10.6 Å². The smallest absolute Gasteiger partial charge is 0.310 e. The van der Waals surface area contributed by atoms with E-state index >= 15 is 0 Å². The number of carbonyl (C=O) groups is 1. The van der Waals surface area contributed by atoms with Gasteiger partial charge in [0, 0.05) is 18.7 Å². The summed E-state index contributed by atoms with van der Waals surface area (Å²) >= 11 is 0. The maximum atomic E-state index is 11.9. The lowest BCUT2D eigenvalue weighted by atomic mass is 9.95. The molecule has 22 heavy (non-hydrogen) atoms. The predicted molar refractivity (Wildman–Crippen MR) is 81.8 cm³/mol. The van der Waals surface area contributed by atoms with Crippen molar-refractivity contribution in [3.05, 3.63) is 34.4 Å². The minimum atomic E-state index is -0.495. The molecule has 1 fully saturated rings. The predicted octanol–water partition coefficient (Wildman–Crippen LogP) is 1.48. The quantitative estimate of drug-likeness (QED) is 0.613. The Morgan fingerprint density at radius 2 is 2.27 bits per heavy atom. The second-order valence-electron chi connectivity index (χ2n) is 5.47. The Bertz CT molecular complexity index is 535. The first-order chi connectivity index (χ1) is 10.6. The topological polar surface area (TPSA) is 93.5 Å². The minimum Gasteiger partial charge on any atom is -0.486 e. The number of para-hydroxylation sites is 2. The zero-order valence-electron chi connectivity index (χ0n) is 12.6. The van der Waals surface area contributed by atoms with Gasteiger partial charge in [-0.25, -0.2) is 0 Å². The lowest BCUT2D eigenvalue weighted by Gasteiger charge is -2.30. The standard InChI is InChI=1S/C15H21N3O4/c1-11-6-8-16-10-12(11)17-15(19)7-9-22-14-5-3-2-4-13(14)18(20)21/h2-5,11-12,16H,6-10H2,1H3,(H,17,19). The largest absolute Gasteiger partial charge is 0.486 e. The van der Waals surface area contributed by atoms with Crippen LogP contribution in [0.4, 0.5) is 5.69 Å². The summed E-state index contributed by atoms with van der Waals surface area (Å²) in [6.45, 7) is 3.99. The third-order valence-electron chi connectivity index (χ3n) is 3.82. The second kappa shape index (κ2) is 7.74. The first-order valence-corrected chi connectivity index (χ1v) is 7.44. The van der Waals surface area contributed by atoms with E-state index < -0.39 is 4.92 Å². The van der Waals surface area contributed by atoms with Gasteiger partial charge in [0.1, 0.15) is 0 Å². The molecule has 0 saturated carbocycles. The lowest BCUT2D eigenvalue weighted by Crippen LogP contribution is -2.50. The summed E-state index contributed by atoms with van der Waals surface area (Å²) < 4.78 is 5.37. The number of nitrogens with one attached hydrogen (secondary N) is 2. The van der Waals surface area contributed by atoms with Crippen LogP contribution in [-0.2, 0) is 4.79 Å². The number of nitrogens with zero attached hydrogens (tertiary/aromatic N) is 1. The van der Waals surface area contributed by atoms with Crippen LogP contribution >= 0.6 is 0 Å². The van der Waals surface area contributed by atoms with Gasteiger partial charge in [0.05, 0.1) is 18.0 Å². The molecule has 0 bridgehead atoms. The molecule has 1 heterocycles. The van der Waals surface area contributed by atoms with Crippen LogP contribution < -0.4 is 15.4 Å². The van der Waals surface area contributed by atoms with E-state index in [4.69, 9.17) is 4.74 Å². The number of ether oxygens (including phenoxy) is 1. The van der Waals surface area contributed by atoms with Gasteiger partial charge in [-0.05, 0) is 24.9 Å². The van der Waals surface area contributed by atoms with Crippen LogP contribution in [0.3, 0.4) is 0 Å². The summed E-state index contributed by atoms with van der Waals surface area (Å²) in [7, 11) is 0. The van der Waals surface area contributed by atoms with E-state index in [0.717, 1.165) is 19.5 Å². The average molecular weight is 307 g/mol. The highest BCUT2D eigenvalue weighted by Gasteiger charge is 2.22. The number of hydrogen-bond acceptors (Lipinski definition) is 5. The molecule has 0 aromatic heterocycles. The zero-order chi connectivity index (χ0) is 15.9. The molecule has 1 saturated heterocycles. The normalized spacial score (nSPS) is 21.1. The van der Waals surface area contributed by atoms with Crippen LogP contribution in [0.2, 0.25) is 0 Å². The van der Waals surface area contributed by atoms with Crippen molar-refractivity contribution < 1.29 is 14.5 Å². The van der Waals surface area contributed by atoms with Gasteiger partial charge in [-0.2, -0.15) is 0 Å². The van der Waals surface area contributed by atoms with E-state index in [1.54, 1.807) is 12.1 Å². The van der Waals surface area contributed by atoms with Crippen molar-refractivity contribution in [1.29, 1.82) is 0 Å². The van der Waals surface area contributed by atoms with Gasteiger partial charge in [0.25, 0.3) is 0 Å². The molecule has 1 amide bonds. The number of nitro groups is 1. The Morgan fingerprint density at radius 1 is 1.50 bits per heavy atom. The van der Waals surface area contributed by atoms with Gasteiger partial charge in [-0.3, -0.25) is 14.9 Å². The first kappa shape index (κ1) is 16.2. The van der Waals surface area contributed by atoms with E-state index in [0.29, 0.717) is 5.92 Å². The van der Waals surface area contributed by atoms with Gasteiger partial charge < -0.3 is 15.4 Å². The van der Waals surface area contributed by atoms with Crippen LogP contribution in [0.1, 0.15) is 19.8 Å². The first-order valence-electron chi connectivity index (χ1n) is 7.44. The van der Waals surface area contributed by atoms with Gasteiger partial charge in [-0.15, -0.1) is 0 Å². The van der Waals surface area contributed by atoms with Gasteiger partial charge in [-0.1, -0.05) is 19.1 Å². The Hall–Kier alpha value is -2.15. The van der Waals surface area contributed by atoms with Crippen LogP contribution in [0.15, 0.2) is 24.3 Å². The van der Waals surface area contributed by atoms with E-state index in [9.17, 15) is 14.9 Å². The highest BCUT2D eigenvalue weighted by Crippen LogP contribution is 2.25. The summed E-state index contributed by atoms with van der Waals surface area (Å²) in [5.74, 6) is 0.536. The van der Waals surface area contributed by atoms with Crippen LogP contribution in [-0.4, -0.2) is 36.6 Å². The van der Waals surface area contributed by atoms with Crippen molar-refractivity contribution in [2.45, 2.75) is 25.8 Å². The highest BCUT2D eigenvalue weighted by atomic mass is 16.6. The van der Waals surface area contributed by atoms with E-state index in [1.165, 1.54) is 12.1 Å². The summed E-state index contributed by atoms with van der Waals surface area (Å²) in [6, 6.07) is 6.29. The molecule has 120 valence electrons. The Labute approximate surface area is 129 Å². The zero-order valence-corrected chi connectivity index (χ0v) is 12.6. The Morgan fingerprint density at radius 3 is 3.00 bits per heavy atom. The minimum absolute atomic E-state index is 0.0898. The van der Waals surface area contributed by atoms with E-state index in [-0.39, 0.29) is 36.4 Å². The van der Waals surface area contributed by atoms with E-state index in [2.05, 4.69) is 17.6 Å². The number of benzene rings is 1. The molecule has 2 atom stereocenters. The van der Waals surface area contributed by atoms with Gasteiger partial charge in [0.2, 0.25) is 5.91 Å². The molecule has 0 radical (unpaired) electrons. The molecule has 0 aliphatic carbocycles. The maximum absolute atomic E-state index is 11.9. The maximum Gasteiger partial charge on any atom is 0.310 e. The molecule has 2 N–H and O–H groups in total. The SMILES string of the molecule is CC1CCNCC1NC(=O)CCOc1ccccc1[N+](=O)[O-]. The highest BCUT2D eigenvalue weighted by molar-refractivity contribution is 5.76. The van der Waals surface area contributed by atoms with Crippen molar-refractivity contribution in [2.75, 3.05) is 19.7 Å². The fourth-order valence-electron chi connectivity index (χ4n) is 2.45. The number of hydrogen-bond donors (Lipinski definition) is 2. The van der Waals surface area contributed by atoms with Gasteiger partial charge in [0.15, 0.2) is 5.75 Å². The summed E-state index contributed by atoms with van der Waals surface area (Å²) in [6.07, 6.45) is 1.22. The summed E-state index contributed by atoms with van der Waals surface area (Å²) in [5, 5.41) is 17.1. The number of carbonyl (C=O) groups excluding carboxylic acids is 1. The molecule has 1 aliphatic heterocycles. The number of piperidine rings is 1. The summed E-state index contributed by atoms with van der Waals surface area (Å²) in [5.41, 5.74) is -0.0898. The molecule has 7 nitrogen and oxygen atoms in total. The van der Waals surface area contributed by atoms with Crippen molar-refractivity contribution in [3.8, 4) is 5.75 Å².